The first-order valence-electron chi connectivity index (χ1n) is 34.2. The summed E-state index contributed by atoms with van der Waals surface area (Å²) in [6, 6.07) is 86.3. The molecule has 14 heteroatoms. The van der Waals surface area contributed by atoms with Gasteiger partial charge in [-0.15, -0.1) is 20.5 Å². The molecule has 0 spiro atoms. The van der Waals surface area contributed by atoms with Crippen LogP contribution in [0.1, 0.15) is 118 Å². The minimum absolute atomic E-state index is 0.207. The molecule has 5 unspecified atom stereocenters. The van der Waals surface area contributed by atoms with Crippen molar-refractivity contribution in [3.8, 4) is 0 Å². The van der Waals surface area contributed by atoms with Crippen molar-refractivity contribution in [2.75, 3.05) is 23.9 Å². The van der Waals surface area contributed by atoms with Crippen LogP contribution < -0.4 is 47.1 Å². The number of halogens is 2. The van der Waals surface area contributed by atoms with Crippen LogP contribution in [-0.2, 0) is 34.7 Å². The highest BCUT2D eigenvalue weighted by atomic mass is 35.7. The zero-order chi connectivity index (χ0) is 71.6. The summed E-state index contributed by atoms with van der Waals surface area (Å²) < 4.78 is 72.9. The van der Waals surface area contributed by atoms with E-state index in [-0.39, 0.29) is 33.5 Å². The van der Waals surface area contributed by atoms with Crippen LogP contribution in [0, 0.1) is 20.5 Å². The number of fused-ring (bicyclic) bond motifs is 12. The molecule has 0 radical (unpaired) electrons. The maximum Gasteiger partial charge on any atom is 0.210 e. The molecule has 5 atom stereocenters. The van der Waals surface area contributed by atoms with E-state index >= 15 is 0 Å². The van der Waals surface area contributed by atoms with Gasteiger partial charge in [0, 0.05) is 93.9 Å². The Hall–Kier alpha value is -9.38. The van der Waals surface area contributed by atoms with Crippen LogP contribution in [0.2, 0.25) is 0 Å². The summed E-state index contributed by atoms with van der Waals surface area (Å²) in [5, 5.41) is 10.4. The van der Waals surface area contributed by atoms with E-state index < -0.39 is 20.5 Å². The quantitative estimate of drug-likeness (QED) is 0.100. The third-order valence-electron chi connectivity index (χ3n) is 22.5. The average Bonchev–Trinajstić information content (AvgIpc) is 1.59. The average molecular weight is 1380 g/mol. The van der Waals surface area contributed by atoms with Gasteiger partial charge in [0.1, 0.15) is 14.1 Å². The highest BCUT2D eigenvalue weighted by molar-refractivity contribution is 6.10. The van der Waals surface area contributed by atoms with Gasteiger partial charge in [0.15, 0.2) is 11.4 Å². The first kappa shape index (κ1) is 70.1. The number of hydrogen-bond donors (Lipinski definition) is 0. The van der Waals surface area contributed by atoms with E-state index in [1.807, 2.05) is 0 Å². The van der Waals surface area contributed by atoms with Crippen LogP contribution in [0.25, 0.3) is 43.1 Å². The molecule has 0 bridgehead atoms. The van der Waals surface area contributed by atoms with Crippen LogP contribution in [0.4, 0.5) is 22.7 Å². The lowest BCUT2D eigenvalue weighted by Crippen LogP contribution is -2.68. The Morgan fingerprint density at radius 3 is 1.09 bits per heavy atom. The predicted octanol–water partition coefficient (Wildman–Crippen LogP) is 11.6. The molecule has 512 valence electrons. The zero-order valence-electron chi connectivity index (χ0n) is 58.5. The molecule has 4 aliphatic rings. The van der Waals surface area contributed by atoms with Crippen molar-refractivity contribution in [2.45, 2.75) is 108 Å². The van der Waals surface area contributed by atoms with E-state index in [9.17, 15) is 0 Å². The van der Waals surface area contributed by atoms with Crippen molar-refractivity contribution < 1.29 is 66.9 Å². The fraction of sp³-hybridized carbons (Fsp3) is 0.218. The smallest absolute Gasteiger partial charge is 0.210 e. The first-order valence-corrected chi connectivity index (χ1v) is 36.7. The first-order chi connectivity index (χ1) is 48.2. The second kappa shape index (κ2) is 27.2. The zero-order valence-corrected chi connectivity index (χ0v) is 60.0. The minimum atomic E-state index is -4.94. The maximum absolute atomic E-state index is 8.49. The molecule has 0 aliphatic carbocycles. The largest absolute Gasteiger partial charge is 0.340 e. The molecule has 0 saturated heterocycles. The lowest BCUT2D eigenvalue weighted by molar-refractivity contribution is -2.00. The van der Waals surface area contributed by atoms with Gasteiger partial charge in [0.05, 0.1) is 10.8 Å². The highest BCUT2D eigenvalue weighted by Gasteiger charge is 2.54. The van der Waals surface area contributed by atoms with Crippen LogP contribution in [0.15, 0.2) is 278 Å². The Balaban J connectivity index is 0.000000854. The van der Waals surface area contributed by atoms with Gasteiger partial charge in [-0.1, -0.05) is 241 Å². The number of rotatable bonds is 13. The molecule has 0 N–H and O–H groups in total. The summed E-state index contributed by atoms with van der Waals surface area (Å²) >= 11 is 0. The van der Waals surface area contributed by atoms with Gasteiger partial charge in [0.25, 0.3) is 0 Å². The fourth-order valence-corrected chi connectivity index (χ4v) is 17.2. The van der Waals surface area contributed by atoms with E-state index in [4.69, 9.17) is 37.3 Å². The molecule has 0 aromatic heterocycles. The Kier molecular flexibility index (Phi) is 18.9. The van der Waals surface area contributed by atoms with Crippen molar-refractivity contribution in [3.05, 3.63) is 323 Å². The Labute approximate surface area is 595 Å². The molecule has 101 heavy (non-hydrogen) atoms. The van der Waals surface area contributed by atoms with Gasteiger partial charge in [-0.2, -0.15) is 9.15 Å². The molecule has 0 saturated carbocycles. The number of allylic oxidation sites excluding steroid dienone is 8. The standard InChI is InChI=1S/C87H82N4.2ClHO4/c1-11-85(6)77(41-27-43-79-87(8,59(3)63-30-16-13-17-31-63)83-71-39-25-21-35-67(71)49-53-73(83)89(79)10)91(75-55-51-65-33-19-23-37-69(65)81(75)85)57-61-46-44-60(45-47-61)56-90-74-54-50-64-32-18-22-36-68(64)80(74)84(4,5)76(90)40-26-42-78-86(7,58(2)62-28-14-12-15-29-62)82-70-38-24-20-34-66(70)48-52-72(82)88(78)9;2*2-1(3,4)5/h12-55,58-59H,11,56-57H2,1-10H3;2*(H,2,3,4,5)/q+2;;/p-2. The van der Waals surface area contributed by atoms with Gasteiger partial charge in [-0.3, -0.25) is 0 Å². The molecule has 4 heterocycles. The summed E-state index contributed by atoms with van der Waals surface area (Å²) in [5.74, 6) is 0.415. The van der Waals surface area contributed by atoms with Crippen molar-refractivity contribution in [1.82, 2.24) is 0 Å². The summed E-state index contributed by atoms with van der Waals surface area (Å²) in [6.45, 7) is 21.0. The third kappa shape index (κ3) is 12.8. The number of anilines is 2. The Morgan fingerprint density at radius 1 is 0.386 bits per heavy atom. The van der Waals surface area contributed by atoms with Crippen molar-refractivity contribution in [1.29, 1.82) is 0 Å². The van der Waals surface area contributed by atoms with Crippen molar-refractivity contribution in [2.24, 2.45) is 0 Å². The lowest BCUT2D eigenvalue weighted by Gasteiger charge is -2.31. The highest BCUT2D eigenvalue weighted by Crippen LogP contribution is 2.57. The fourth-order valence-electron chi connectivity index (χ4n) is 17.2. The van der Waals surface area contributed by atoms with Gasteiger partial charge in [-0.25, -0.2) is 37.3 Å². The van der Waals surface area contributed by atoms with E-state index in [1.54, 1.807) is 0 Å². The van der Waals surface area contributed by atoms with Crippen LogP contribution in [0.5, 0.6) is 0 Å². The SMILES string of the molecule is CCC1(C)/C(=C\C=C\C2=[N+](C)c3ccc4ccccc4c3C2(C)C(C)c2ccccc2)N(Cc2ccc(CN3/C(=C/C=C/C4=[N+](C)c5ccc6ccccc6c5C4(C)C(C)c4ccccc4)C(C)(C)c4c3ccc3ccccc43)cc2)c2ccc3ccccc3c21.[O-][Cl+3]([O-])([O-])[O-].[O-][Cl+3]([O-])([O-])[O-]. The maximum atomic E-state index is 8.49. The molecule has 4 aliphatic heterocycles. The van der Waals surface area contributed by atoms with Gasteiger partial charge in [0.2, 0.25) is 11.4 Å². The molecule has 0 amide bonds. The molecule has 0 fully saturated rings. The van der Waals surface area contributed by atoms with Crippen LogP contribution in [0.3, 0.4) is 0 Å². The number of nitrogens with zero attached hydrogens (tertiary/aromatic N) is 4. The van der Waals surface area contributed by atoms with Crippen molar-refractivity contribution in [3.63, 3.8) is 0 Å². The second-order valence-corrected chi connectivity index (χ2v) is 29.7. The molecular formula is C87H82Cl2N4O8. The van der Waals surface area contributed by atoms with E-state index in [0.717, 1.165) is 19.5 Å². The summed E-state index contributed by atoms with van der Waals surface area (Å²) in [7, 11) is -5.36. The van der Waals surface area contributed by atoms with Gasteiger partial charge in [-0.05, 0) is 140 Å². The Bertz CT molecular complexity index is 5190. The normalized spacial score (nSPS) is 20.7. The molecule has 12 nitrogen and oxygen atoms in total. The number of benzene rings is 11. The monoisotopic (exact) mass is 1380 g/mol. The predicted molar refractivity (Wildman–Crippen MR) is 386 cm³/mol. The lowest BCUT2D eigenvalue weighted by atomic mass is 9.66. The van der Waals surface area contributed by atoms with Gasteiger partial charge < -0.3 is 9.80 Å². The second-order valence-electron chi connectivity index (χ2n) is 28.2. The summed E-state index contributed by atoms with van der Waals surface area (Å²) in [5.41, 5.74) is 20.0. The summed E-state index contributed by atoms with van der Waals surface area (Å²) in [6.07, 6.45) is 15.4. The van der Waals surface area contributed by atoms with E-state index in [1.165, 1.54) is 133 Å². The topological polar surface area (TPSA) is 197 Å². The molecule has 11 aromatic rings. The molecular weight excluding hydrogens is 1300 g/mol. The molecule has 11 aromatic carbocycles. The van der Waals surface area contributed by atoms with Gasteiger partial charge >= 0.3 is 0 Å². The van der Waals surface area contributed by atoms with E-state index in [2.05, 4.69) is 355 Å². The van der Waals surface area contributed by atoms with Crippen LogP contribution in [-0.4, -0.2) is 34.7 Å². The number of hydrogen-bond acceptors (Lipinski definition) is 10. The van der Waals surface area contributed by atoms with Crippen LogP contribution >= 0.6 is 0 Å². The Morgan fingerprint density at radius 2 is 0.703 bits per heavy atom. The molecule has 15 rings (SSSR count). The van der Waals surface area contributed by atoms with Crippen molar-refractivity contribution >= 4 is 77.3 Å². The van der Waals surface area contributed by atoms with E-state index in [0.29, 0.717) is 0 Å². The summed E-state index contributed by atoms with van der Waals surface area (Å²) in [4.78, 5) is 5.23. The third-order valence-corrected chi connectivity index (χ3v) is 22.5. The minimum Gasteiger partial charge on any atom is -0.340 e.